The first-order chi connectivity index (χ1) is 10.1. The summed E-state index contributed by atoms with van der Waals surface area (Å²) in [7, 11) is 3.34. The summed E-state index contributed by atoms with van der Waals surface area (Å²) in [5.74, 6) is -0.133. The van der Waals surface area contributed by atoms with Crippen LogP contribution in [-0.4, -0.2) is 44.0 Å². The zero-order valence-electron chi connectivity index (χ0n) is 12.2. The van der Waals surface area contributed by atoms with E-state index in [1.54, 1.807) is 20.2 Å². The van der Waals surface area contributed by atoms with Gasteiger partial charge in [-0.05, 0) is 16.8 Å². The summed E-state index contributed by atoms with van der Waals surface area (Å²) in [5.41, 5.74) is 0.645. The molecule has 0 fully saturated rings. The Labute approximate surface area is 123 Å². The fourth-order valence-electron chi connectivity index (χ4n) is 2.02. The van der Waals surface area contributed by atoms with Gasteiger partial charge in [0.1, 0.15) is 0 Å². The molecule has 0 atom stereocenters. The molecule has 2 N–H and O–H groups in total. The summed E-state index contributed by atoms with van der Waals surface area (Å²) < 4.78 is 0. The van der Waals surface area contributed by atoms with Crippen LogP contribution in [0.25, 0.3) is 10.8 Å². The monoisotopic (exact) mass is 285 g/mol. The van der Waals surface area contributed by atoms with Gasteiger partial charge in [-0.25, -0.2) is 4.79 Å². The Morgan fingerprint density at radius 1 is 0.952 bits per heavy atom. The molecule has 0 aliphatic rings. The predicted octanol–water partition coefficient (Wildman–Crippen LogP) is 1.84. The van der Waals surface area contributed by atoms with Crippen molar-refractivity contribution in [3.63, 3.8) is 0 Å². The lowest BCUT2D eigenvalue weighted by Crippen LogP contribution is -2.39. The summed E-state index contributed by atoms with van der Waals surface area (Å²) in [6.07, 6.45) is 0. The third-order valence-electron chi connectivity index (χ3n) is 3.13. The van der Waals surface area contributed by atoms with Crippen LogP contribution in [0.3, 0.4) is 0 Å². The van der Waals surface area contributed by atoms with E-state index in [0.717, 1.165) is 10.8 Å². The zero-order valence-corrected chi connectivity index (χ0v) is 12.2. The molecule has 0 saturated carbocycles. The summed E-state index contributed by atoms with van der Waals surface area (Å²) in [6.45, 7) is 0.787. The van der Waals surface area contributed by atoms with Crippen LogP contribution in [0.1, 0.15) is 10.4 Å². The lowest BCUT2D eigenvalue weighted by molar-refractivity contribution is 0.0955. The molecule has 0 aliphatic carbocycles. The van der Waals surface area contributed by atoms with Crippen LogP contribution in [0.2, 0.25) is 0 Å². The van der Waals surface area contributed by atoms with Gasteiger partial charge in [-0.2, -0.15) is 0 Å². The highest BCUT2D eigenvalue weighted by Gasteiger charge is 2.09. The molecule has 21 heavy (non-hydrogen) atoms. The van der Waals surface area contributed by atoms with Crippen LogP contribution < -0.4 is 10.6 Å². The van der Waals surface area contributed by atoms with E-state index in [4.69, 9.17) is 0 Å². The van der Waals surface area contributed by atoms with Gasteiger partial charge >= 0.3 is 6.03 Å². The third kappa shape index (κ3) is 3.72. The fourth-order valence-corrected chi connectivity index (χ4v) is 2.02. The first kappa shape index (κ1) is 14.8. The van der Waals surface area contributed by atoms with E-state index in [1.165, 1.54) is 4.90 Å². The SMILES string of the molecule is CN(C)C(=O)NCCNC(=O)c1cccc2ccccc12. The zero-order chi connectivity index (χ0) is 15.2. The van der Waals surface area contributed by atoms with Crippen LogP contribution in [0.15, 0.2) is 42.5 Å². The van der Waals surface area contributed by atoms with Crippen molar-refractivity contribution in [3.8, 4) is 0 Å². The predicted molar refractivity (Wildman–Crippen MR) is 83.4 cm³/mol. The molecule has 2 aromatic rings. The van der Waals surface area contributed by atoms with Crippen LogP contribution in [0.5, 0.6) is 0 Å². The van der Waals surface area contributed by atoms with Crippen molar-refractivity contribution >= 4 is 22.7 Å². The normalized spacial score (nSPS) is 10.2. The second-order valence-electron chi connectivity index (χ2n) is 4.91. The van der Waals surface area contributed by atoms with Crippen molar-refractivity contribution in [2.75, 3.05) is 27.2 Å². The number of carbonyl (C=O) groups is 2. The van der Waals surface area contributed by atoms with Crippen molar-refractivity contribution in [1.82, 2.24) is 15.5 Å². The topological polar surface area (TPSA) is 61.4 Å². The Morgan fingerprint density at radius 2 is 1.62 bits per heavy atom. The number of amides is 3. The highest BCUT2D eigenvalue weighted by molar-refractivity contribution is 6.06. The molecule has 0 aromatic heterocycles. The van der Waals surface area contributed by atoms with Gasteiger partial charge in [0.05, 0.1) is 0 Å². The maximum Gasteiger partial charge on any atom is 0.316 e. The number of benzene rings is 2. The third-order valence-corrected chi connectivity index (χ3v) is 3.13. The number of rotatable bonds is 4. The number of fused-ring (bicyclic) bond motifs is 1. The Morgan fingerprint density at radius 3 is 2.38 bits per heavy atom. The van der Waals surface area contributed by atoms with Crippen molar-refractivity contribution in [3.05, 3.63) is 48.0 Å². The average molecular weight is 285 g/mol. The molecular formula is C16H19N3O2. The summed E-state index contributed by atoms with van der Waals surface area (Å²) in [4.78, 5) is 25.0. The van der Waals surface area contributed by atoms with Crippen molar-refractivity contribution < 1.29 is 9.59 Å². The molecular weight excluding hydrogens is 266 g/mol. The quantitative estimate of drug-likeness (QED) is 0.842. The number of nitrogens with zero attached hydrogens (tertiary/aromatic N) is 1. The van der Waals surface area contributed by atoms with Crippen LogP contribution in [0.4, 0.5) is 4.79 Å². The van der Waals surface area contributed by atoms with E-state index >= 15 is 0 Å². The van der Waals surface area contributed by atoms with E-state index < -0.39 is 0 Å². The number of nitrogens with one attached hydrogen (secondary N) is 2. The molecule has 110 valence electrons. The standard InChI is InChI=1S/C16H19N3O2/c1-19(2)16(21)18-11-10-17-15(20)14-9-5-7-12-6-3-4-8-13(12)14/h3-9H,10-11H2,1-2H3,(H,17,20)(H,18,21). The first-order valence-electron chi connectivity index (χ1n) is 6.80. The molecule has 5 nitrogen and oxygen atoms in total. The first-order valence-corrected chi connectivity index (χ1v) is 6.80. The van der Waals surface area contributed by atoms with Gasteiger partial charge in [0.15, 0.2) is 0 Å². The molecule has 0 spiro atoms. The van der Waals surface area contributed by atoms with Gasteiger partial charge in [0, 0.05) is 32.7 Å². The molecule has 3 amide bonds. The smallest absolute Gasteiger partial charge is 0.316 e. The molecule has 2 rings (SSSR count). The maximum atomic E-state index is 12.2. The average Bonchev–Trinajstić information content (AvgIpc) is 2.50. The molecule has 5 heteroatoms. The Balaban J connectivity index is 1.95. The van der Waals surface area contributed by atoms with E-state index in [0.29, 0.717) is 18.7 Å². The van der Waals surface area contributed by atoms with Gasteiger partial charge in [0.25, 0.3) is 5.91 Å². The van der Waals surface area contributed by atoms with Gasteiger partial charge < -0.3 is 15.5 Å². The lowest BCUT2D eigenvalue weighted by atomic mass is 10.0. The molecule has 0 saturated heterocycles. The highest BCUT2D eigenvalue weighted by atomic mass is 16.2. The van der Waals surface area contributed by atoms with Gasteiger partial charge in [-0.1, -0.05) is 36.4 Å². The summed E-state index contributed by atoms with van der Waals surface area (Å²) >= 11 is 0. The number of carbonyl (C=O) groups excluding carboxylic acids is 2. The minimum Gasteiger partial charge on any atom is -0.350 e. The number of hydrogen-bond donors (Lipinski definition) is 2. The largest absolute Gasteiger partial charge is 0.350 e. The van der Waals surface area contributed by atoms with E-state index in [2.05, 4.69) is 10.6 Å². The second kappa shape index (κ2) is 6.74. The Bertz CT molecular complexity index is 648. The molecule has 0 aliphatic heterocycles. The maximum absolute atomic E-state index is 12.2. The molecule has 2 aromatic carbocycles. The van der Waals surface area contributed by atoms with Crippen LogP contribution >= 0.6 is 0 Å². The van der Waals surface area contributed by atoms with Crippen molar-refractivity contribution in [2.45, 2.75) is 0 Å². The van der Waals surface area contributed by atoms with Crippen LogP contribution in [0, 0.1) is 0 Å². The second-order valence-corrected chi connectivity index (χ2v) is 4.91. The van der Waals surface area contributed by atoms with Crippen molar-refractivity contribution in [1.29, 1.82) is 0 Å². The number of hydrogen-bond acceptors (Lipinski definition) is 2. The fraction of sp³-hybridized carbons (Fsp3) is 0.250. The number of urea groups is 1. The van der Waals surface area contributed by atoms with E-state index in [1.807, 2.05) is 36.4 Å². The summed E-state index contributed by atoms with van der Waals surface area (Å²) in [6, 6.07) is 13.2. The lowest BCUT2D eigenvalue weighted by Gasteiger charge is -2.12. The van der Waals surface area contributed by atoms with E-state index in [-0.39, 0.29) is 11.9 Å². The molecule has 0 heterocycles. The minimum absolute atomic E-state index is 0.133. The Hall–Kier alpha value is -2.56. The van der Waals surface area contributed by atoms with Gasteiger partial charge in [0.2, 0.25) is 0 Å². The molecule has 0 unspecified atom stereocenters. The van der Waals surface area contributed by atoms with Gasteiger partial charge in [-0.15, -0.1) is 0 Å². The highest BCUT2D eigenvalue weighted by Crippen LogP contribution is 2.18. The van der Waals surface area contributed by atoms with Crippen LogP contribution in [-0.2, 0) is 0 Å². The summed E-state index contributed by atoms with van der Waals surface area (Å²) in [5, 5.41) is 7.47. The Kier molecular flexibility index (Phi) is 4.77. The van der Waals surface area contributed by atoms with E-state index in [9.17, 15) is 9.59 Å². The minimum atomic E-state index is -0.172. The van der Waals surface area contributed by atoms with Crippen molar-refractivity contribution in [2.24, 2.45) is 0 Å². The molecule has 0 bridgehead atoms. The van der Waals surface area contributed by atoms with Gasteiger partial charge in [-0.3, -0.25) is 4.79 Å². The molecule has 0 radical (unpaired) electrons.